The van der Waals surface area contributed by atoms with Crippen molar-refractivity contribution >= 4 is 5.97 Å². The van der Waals surface area contributed by atoms with E-state index in [1.165, 1.54) is 16.7 Å². The zero-order valence-electron chi connectivity index (χ0n) is 16.7. The minimum atomic E-state index is -0.257. The molecule has 28 heavy (non-hydrogen) atoms. The van der Waals surface area contributed by atoms with E-state index >= 15 is 0 Å². The van der Waals surface area contributed by atoms with Crippen molar-refractivity contribution in [3.8, 4) is 5.75 Å². The molecule has 0 spiro atoms. The normalized spacial score (nSPS) is 17.3. The highest BCUT2D eigenvalue weighted by atomic mass is 16.6. The fourth-order valence-electron chi connectivity index (χ4n) is 3.18. The summed E-state index contributed by atoms with van der Waals surface area (Å²) in [4.78, 5) is 14.3. The van der Waals surface area contributed by atoms with Gasteiger partial charge in [0, 0.05) is 19.6 Å². The molecule has 1 unspecified atom stereocenters. The quantitative estimate of drug-likeness (QED) is 0.653. The zero-order valence-corrected chi connectivity index (χ0v) is 16.7. The molecule has 1 aliphatic rings. The second-order valence-electron chi connectivity index (χ2n) is 7.24. The van der Waals surface area contributed by atoms with Gasteiger partial charge >= 0.3 is 5.97 Å². The Labute approximate surface area is 167 Å². The molecule has 150 valence electrons. The Morgan fingerprint density at radius 1 is 1.14 bits per heavy atom. The summed E-state index contributed by atoms with van der Waals surface area (Å²) in [5.41, 5.74) is 3.68. The summed E-state index contributed by atoms with van der Waals surface area (Å²) in [5.74, 6) is 0.524. The lowest BCUT2D eigenvalue weighted by molar-refractivity contribution is -0.151. The first-order chi connectivity index (χ1) is 13.6. The number of nitrogens with zero attached hydrogens (tertiary/aromatic N) is 1. The molecule has 0 bridgehead atoms. The van der Waals surface area contributed by atoms with Crippen molar-refractivity contribution in [3.63, 3.8) is 0 Å². The standard InChI is InChI=1S/C23H29NO4/c1-18-8-9-21(14-19(18)2)26-12-10-23(25)28-17-22-16-24(11-13-27-22)15-20-6-4-3-5-7-20/h3-9,14,22H,10-13,15-17H2,1-2H3. The van der Waals surface area contributed by atoms with Gasteiger partial charge in [0.25, 0.3) is 0 Å². The smallest absolute Gasteiger partial charge is 0.309 e. The van der Waals surface area contributed by atoms with Gasteiger partial charge in [0.1, 0.15) is 18.5 Å². The van der Waals surface area contributed by atoms with Crippen LogP contribution in [0.25, 0.3) is 0 Å². The molecule has 5 heteroatoms. The number of morpholine rings is 1. The van der Waals surface area contributed by atoms with Gasteiger partial charge in [-0.1, -0.05) is 36.4 Å². The van der Waals surface area contributed by atoms with E-state index < -0.39 is 0 Å². The Bertz CT molecular complexity index is 762. The van der Waals surface area contributed by atoms with Gasteiger partial charge in [-0.05, 0) is 42.7 Å². The van der Waals surface area contributed by atoms with Crippen molar-refractivity contribution in [3.05, 3.63) is 65.2 Å². The van der Waals surface area contributed by atoms with Crippen molar-refractivity contribution in [1.29, 1.82) is 0 Å². The highest BCUT2D eigenvalue weighted by Gasteiger charge is 2.22. The first-order valence-electron chi connectivity index (χ1n) is 9.84. The molecule has 0 N–H and O–H groups in total. The number of hydrogen-bond donors (Lipinski definition) is 0. The Morgan fingerprint density at radius 2 is 1.96 bits per heavy atom. The minimum absolute atomic E-state index is 0.0814. The summed E-state index contributed by atoms with van der Waals surface area (Å²) >= 11 is 0. The number of ether oxygens (including phenoxy) is 3. The molecule has 0 amide bonds. The summed E-state index contributed by atoms with van der Waals surface area (Å²) in [6, 6.07) is 16.3. The van der Waals surface area contributed by atoms with Crippen LogP contribution in [-0.4, -0.2) is 49.9 Å². The molecular formula is C23H29NO4. The van der Waals surface area contributed by atoms with Gasteiger partial charge in [0.2, 0.25) is 0 Å². The number of benzene rings is 2. The van der Waals surface area contributed by atoms with Crippen LogP contribution in [0, 0.1) is 13.8 Å². The maximum atomic E-state index is 12.0. The molecule has 0 radical (unpaired) electrons. The van der Waals surface area contributed by atoms with Gasteiger partial charge in [0.15, 0.2) is 0 Å². The fourth-order valence-corrected chi connectivity index (χ4v) is 3.18. The number of carbonyl (C=O) groups is 1. The van der Waals surface area contributed by atoms with Crippen LogP contribution in [0.1, 0.15) is 23.1 Å². The predicted molar refractivity (Wildman–Crippen MR) is 108 cm³/mol. The number of carbonyl (C=O) groups excluding carboxylic acids is 1. The lowest BCUT2D eigenvalue weighted by Crippen LogP contribution is -2.44. The minimum Gasteiger partial charge on any atom is -0.493 e. The lowest BCUT2D eigenvalue weighted by Gasteiger charge is -2.32. The molecule has 0 aromatic heterocycles. The Kier molecular flexibility index (Phi) is 7.46. The number of aryl methyl sites for hydroxylation is 2. The van der Waals surface area contributed by atoms with E-state index in [0.29, 0.717) is 13.2 Å². The topological polar surface area (TPSA) is 48.0 Å². The highest BCUT2D eigenvalue weighted by molar-refractivity contribution is 5.69. The van der Waals surface area contributed by atoms with Gasteiger partial charge in [-0.2, -0.15) is 0 Å². The number of esters is 1. The van der Waals surface area contributed by atoms with Crippen molar-refractivity contribution in [2.75, 3.05) is 32.9 Å². The molecule has 1 atom stereocenters. The first-order valence-corrected chi connectivity index (χ1v) is 9.84. The Balaban J connectivity index is 1.35. The zero-order chi connectivity index (χ0) is 19.8. The first kappa shape index (κ1) is 20.4. The van der Waals surface area contributed by atoms with Crippen LogP contribution in [0.2, 0.25) is 0 Å². The molecule has 0 saturated carbocycles. The third kappa shape index (κ3) is 6.36. The number of rotatable bonds is 8. The van der Waals surface area contributed by atoms with Crippen molar-refractivity contribution < 1.29 is 19.0 Å². The van der Waals surface area contributed by atoms with Crippen LogP contribution in [-0.2, 0) is 20.8 Å². The molecule has 1 aliphatic heterocycles. The second-order valence-corrected chi connectivity index (χ2v) is 7.24. The molecule has 5 nitrogen and oxygen atoms in total. The van der Waals surface area contributed by atoms with E-state index in [1.54, 1.807) is 0 Å². The fraction of sp³-hybridized carbons (Fsp3) is 0.435. The van der Waals surface area contributed by atoms with Crippen LogP contribution in [0.4, 0.5) is 0 Å². The van der Waals surface area contributed by atoms with E-state index in [0.717, 1.165) is 25.4 Å². The third-order valence-corrected chi connectivity index (χ3v) is 4.96. The maximum Gasteiger partial charge on any atom is 0.309 e. The molecule has 0 aliphatic carbocycles. The van der Waals surface area contributed by atoms with Crippen molar-refractivity contribution in [2.24, 2.45) is 0 Å². The third-order valence-electron chi connectivity index (χ3n) is 4.96. The molecule has 1 saturated heterocycles. The average Bonchev–Trinajstić information content (AvgIpc) is 2.70. The lowest BCUT2D eigenvalue weighted by atomic mass is 10.1. The Hall–Kier alpha value is -2.37. The van der Waals surface area contributed by atoms with Crippen LogP contribution in [0.3, 0.4) is 0 Å². The SMILES string of the molecule is Cc1ccc(OCCC(=O)OCC2CN(Cc3ccccc3)CCO2)cc1C. The van der Waals surface area contributed by atoms with E-state index in [4.69, 9.17) is 14.2 Å². The second kappa shape index (κ2) is 10.2. The molecule has 2 aromatic rings. The van der Waals surface area contributed by atoms with Crippen molar-refractivity contribution in [2.45, 2.75) is 32.9 Å². The molecular weight excluding hydrogens is 354 g/mol. The largest absolute Gasteiger partial charge is 0.493 e. The summed E-state index contributed by atoms with van der Waals surface area (Å²) in [6.07, 6.45) is 0.148. The Morgan fingerprint density at radius 3 is 2.75 bits per heavy atom. The van der Waals surface area contributed by atoms with Gasteiger partial charge < -0.3 is 14.2 Å². The average molecular weight is 383 g/mol. The summed E-state index contributed by atoms with van der Waals surface area (Å²) < 4.78 is 16.8. The monoisotopic (exact) mass is 383 g/mol. The maximum absolute atomic E-state index is 12.0. The molecule has 3 rings (SSSR count). The van der Waals surface area contributed by atoms with Gasteiger partial charge in [-0.25, -0.2) is 0 Å². The van der Waals surface area contributed by atoms with Crippen LogP contribution < -0.4 is 4.74 Å². The van der Waals surface area contributed by atoms with Gasteiger partial charge in [-0.15, -0.1) is 0 Å². The molecule has 1 heterocycles. The van der Waals surface area contributed by atoms with E-state index in [1.807, 2.05) is 31.2 Å². The summed E-state index contributed by atoms with van der Waals surface area (Å²) in [7, 11) is 0. The van der Waals surface area contributed by atoms with Crippen LogP contribution in [0.15, 0.2) is 48.5 Å². The molecule has 2 aromatic carbocycles. The number of hydrogen-bond acceptors (Lipinski definition) is 5. The van der Waals surface area contributed by atoms with Gasteiger partial charge in [0.05, 0.1) is 19.6 Å². The van der Waals surface area contributed by atoms with E-state index in [-0.39, 0.29) is 25.1 Å². The summed E-state index contributed by atoms with van der Waals surface area (Å²) in [6.45, 7) is 7.90. The van der Waals surface area contributed by atoms with E-state index in [9.17, 15) is 4.79 Å². The molecule has 1 fully saturated rings. The van der Waals surface area contributed by atoms with Gasteiger partial charge in [-0.3, -0.25) is 9.69 Å². The van der Waals surface area contributed by atoms with Crippen LogP contribution >= 0.6 is 0 Å². The highest BCUT2D eigenvalue weighted by Crippen LogP contribution is 2.16. The predicted octanol–water partition coefficient (Wildman–Crippen LogP) is 3.52. The van der Waals surface area contributed by atoms with E-state index in [2.05, 4.69) is 36.1 Å². The summed E-state index contributed by atoms with van der Waals surface area (Å²) in [5, 5.41) is 0. The van der Waals surface area contributed by atoms with Crippen molar-refractivity contribution in [1.82, 2.24) is 4.90 Å². The van der Waals surface area contributed by atoms with Crippen LogP contribution in [0.5, 0.6) is 5.75 Å².